The maximum absolute atomic E-state index is 13.1. The summed E-state index contributed by atoms with van der Waals surface area (Å²) >= 11 is 0. The van der Waals surface area contributed by atoms with Crippen LogP contribution in [-0.2, 0) is 0 Å². The quantitative estimate of drug-likeness (QED) is 0.596. The van der Waals surface area contributed by atoms with Gasteiger partial charge in [-0.15, -0.1) is 0 Å². The Morgan fingerprint density at radius 3 is 2.87 bits per heavy atom. The van der Waals surface area contributed by atoms with Gasteiger partial charge in [0.05, 0.1) is 5.69 Å². The SMILES string of the molecule is CCCN=C(N)Nc1cccc(F)c1F. The van der Waals surface area contributed by atoms with Crippen molar-refractivity contribution in [1.29, 1.82) is 0 Å². The third kappa shape index (κ3) is 3.19. The van der Waals surface area contributed by atoms with Crippen LogP contribution < -0.4 is 11.1 Å². The third-order valence-electron chi connectivity index (χ3n) is 1.72. The van der Waals surface area contributed by atoms with Gasteiger partial charge in [-0.3, -0.25) is 4.99 Å². The molecule has 0 bridgehead atoms. The van der Waals surface area contributed by atoms with Gasteiger partial charge in [-0.25, -0.2) is 8.78 Å². The van der Waals surface area contributed by atoms with Crippen molar-refractivity contribution in [3.63, 3.8) is 0 Å². The molecule has 5 heteroatoms. The summed E-state index contributed by atoms with van der Waals surface area (Å²) in [5, 5.41) is 2.50. The fourth-order valence-electron chi connectivity index (χ4n) is 1.01. The first-order valence-corrected chi connectivity index (χ1v) is 4.66. The van der Waals surface area contributed by atoms with E-state index in [4.69, 9.17) is 5.73 Å². The molecule has 0 amide bonds. The first-order chi connectivity index (χ1) is 7.15. The third-order valence-corrected chi connectivity index (χ3v) is 1.72. The number of guanidine groups is 1. The number of hydrogen-bond acceptors (Lipinski definition) is 1. The van der Waals surface area contributed by atoms with E-state index in [2.05, 4.69) is 10.3 Å². The Kier molecular flexibility index (Phi) is 4.03. The monoisotopic (exact) mass is 213 g/mol. The molecule has 0 aliphatic rings. The second-order valence-electron chi connectivity index (χ2n) is 2.99. The minimum atomic E-state index is -0.952. The standard InChI is InChI=1S/C10H13F2N3/c1-2-6-14-10(13)15-8-5-3-4-7(11)9(8)12/h3-5H,2,6H2,1H3,(H3,13,14,15). The number of benzene rings is 1. The molecule has 1 rings (SSSR count). The van der Waals surface area contributed by atoms with Crippen LogP contribution in [0.25, 0.3) is 0 Å². The second kappa shape index (κ2) is 5.29. The Balaban J connectivity index is 2.76. The van der Waals surface area contributed by atoms with Gasteiger partial charge in [-0.1, -0.05) is 13.0 Å². The van der Waals surface area contributed by atoms with Gasteiger partial charge in [0.15, 0.2) is 17.6 Å². The van der Waals surface area contributed by atoms with Crippen LogP contribution >= 0.6 is 0 Å². The molecule has 3 nitrogen and oxygen atoms in total. The lowest BCUT2D eigenvalue weighted by Gasteiger charge is -2.06. The highest BCUT2D eigenvalue weighted by Crippen LogP contribution is 2.15. The first-order valence-electron chi connectivity index (χ1n) is 4.66. The molecule has 0 unspecified atom stereocenters. The molecular weight excluding hydrogens is 200 g/mol. The molecule has 3 N–H and O–H groups in total. The molecule has 0 radical (unpaired) electrons. The normalized spacial score (nSPS) is 11.5. The van der Waals surface area contributed by atoms with Crippen LogP contribution in [0.1, 0.15) is 13.3 Å². The Morgan fingerprint density at radius 2 is 2.20 bits per heavy atom. The lowest BCUT2D eigenvalue weighted by atomic mass is 10.3. The van der Waals surface area contributed by atoms with Crippen LogP contribution in [0.2, 0.25) is 0 Å². The fraction of sp³-hybridized carbons (Fsp3) is 0.300. The smallest absolute Gasteiger partial charge is 0.193 e. The Labute approximate surface area is 87.0 Å². The van der Waals surface area contributed by atoms with E-state index in [-0.39, 0.29) is 11.6 Å². The molecule has 1 aromatic rings. The molecule has 0 spiro atoms. The van der Waals surface area contributed by atoms with Crippen LogP contribution in [0.5, 0.6) is 0 Å². The van der Waals surface area contributed by atoms with Gasteiger partial charge in [-0.2, -0.15) is 0 Å². The van der Waals surface area contributed by atoms with Crippen molar-refractivity contribution in [3.8, 4) is 0 Å². The van der Waals surface area contributed by atoms with Crippen molar-refractivity contribution in [2.75, 3.05) is 11.9 Å². The highest BCUT2D eigenvalue weighted by atomic mass is 19.2. The summed E-state index contributed by atoms with van der Waals surface area (Å²) in [6, 6.07) is 3.83. The van der Waals surface area contributed by atoms with Crippen LogP contribution in [0.15, 0.2) is 23.2 Å². The number of aliphatic imine (C=N–C) groups is 1. The maximum Gasteiger partial charge on any atom is 0.193 e. The molecule has 0 saturated carbocycles. The first kappa shape index (κ1) is 11.4. The molecule has 0 aliphatic heterocycles. The predicted octanol–water partition coefficient (Wildman–Crippen LogP) is 2.10. The van der Waals surface area contributed by atoms with E-state index in [9.17, 15) is 8.78 Å². The van der Waals surface area contributed by atoms with E-state index in [1.165, 1.54) is 12.1 Å². The van der Waals surface area contributed by atoms with Gasteiger partial charge in [-0.05, 0) is 18.6 Å². The van der Waals surface area contributed by atoms with Gasteiger partial charge in [0.1, 0.15) is 0 Å². The number of nitrogens with two attached hydrogens (primary N) is 1. The Bertz CT molecular complexity index is 364. The summed E-state index contributed by atoms with van der Waals surface area (Å²) in [6.07, 6.45) is 0.841. The van der Waals surface area contributed by atoms with E-state index in [1.807, 2.05) is 6.92 Å². The topological polar surface area (TPSA) is 50.4 Å². The fourth-order valence-corrected chi connectivity index (χ4v) is 1.01. The molecule has 0 saturated heterocycles. The second-order valence-corrected chi connectivity index (χ2v) is 2.99. The largest absolute Gasteiger partial charge is 0.370 e. The lowest BCUT2D eigenvalue weighted by Crippen LogP contribution is -2.23. The van der Waals surface area contributed by atoms with E-state index in [1.54, 1.807) is 0 Å². The zero-order chi connectivity index (χ0) is 11.3. The molecule has 0 fully saturated rings. The molecule has 15 heavy (non-hydrogen) atoms. The van der Waals surface area contributed by atoms with Gasteiger partial charge in [0, 0.05) is 6.54 Å². The predicted molar refractivity (Wildman–Crippen MR) is 56.8 cm³/mol. The molecule has 1 aromatic carbocycles. The van der Waals surface area contributed by atoms with E-state index in [0.29, 0.717) is 6.54 Å². The highest BCUT2D eigenvalue weighted by Gasteiger charge is 2.07. The molecule has 0 atom stereocenters. The van der Waals surface area contributed by atoms with Crippen LogP contribution in [0.4, 0.5) is 14.5 Å². The molecule has 0 aromatic heterocycles. The number of halogens is 2. The number of nitrogens with one attached hydrogen (secondary N) is 1. The minimum absolute atomic E-state index is 0.00708. The molecule has 82 valence electrons. The van der Waals surface area contributed by atoms with Crippen LogP contribution in [0, 0.1) is 11.6 Å². The van der Waals surface area contributed by atoms with Crippen molar-refractivity contribution >= 4 is 11.6 Å². The van der Waals surface area contributed by atoms with Crippen molar-refractivity contribution in [2.24, 2.45) is 10.7 Å². The zero-order valence-corrected chi connectivity index (χ0v) is 8.43. The minimum Gasteiger partial charge on any atom is -0.370 e. The zero-order valence-electron chi connectivity index (χ0n) is 8.43. The molecule has 0 heterocycles. The van der Waals surface area contributed by atoms with Crippen LogP contribution in [0.3, 0.4) is 0 Å². The molecular formula is C10H13F2N3. The summed E-state index contributed by atoms with van der Waals surface area (Å²) in [6.45, 7) is 2.50. The van der Waals surface area contributed by atoms with E-state index >= 15 is 0 Å². The summed E-state index contributed by atoms with van der Waals surface area (Å²) in [7, 11) is 0. The summed E-state index contributed by atoms with van der Waals surface area (Å²) in [5.41, 5.74) is 5.45. The van der Waals surface area contributed by atoms with Gasteiger partial charge in [0.2, 0.25) is 0 Å². The Hall–Kier alpha value is -1.65. The Morgan fingerprint density at radius 1 is 1.47 bits per heavy atom. The van der Waals surface area contributed by atoms with Crippen molar-refractivity contribution in [1.82, 2.24) is 0 Å². The maximum atomic E-state index is 13.1. The van der Waals surface area contributed by atoms with Gasteiger partial charge < -0.3 is 11.1 Å². The average Bonchev–Trinajstić information content (AvgIpc) is 2.22. The van der Waals surface area contributed by atoms with Gasteiger partial charge >= 0.3 is 0 Å². The van der Waals surface area contributed by atoms with E-state index in [0.717, 1.165) is 12.5 Å². The average molecular weight is 213 g/mol. The summed E-state index contributed by atoms with van der Waals surface area (Å²) < 4.78 is 25.9. The molecule has 0 aliphatic carbocycles. The summed E-state index contributed by atoms with van der Waals surface area (Å²) in [5.74, 6) is -1.78. The van der Waals surface area contributed by atoms with Crippen molar-refractivity contribution < 1.29 is 8.78 Å². The van der Waals surface area contributed by atoms with Crippen molar-refractivity contribution in [2.45, 2.75) is 13.3 Å². The number of rotatable bonds is 3. The highest BCUT2D eigenvalue weighted by molar-refractivity contribution is 5.92. The van der Waals surface area contributed by atoms with Gasteiger partial charge in [0.25, 0.3) is 0 Å². The van der Waals surface area contributed by atoms with Crippen molar-refractivity contribution in [3.05, 3.63) is 29.8 Å². The number of hydrogen-bond donors (Lipinski definition) is 2. The van der Waals surface area contributed by atoms with Crippen LogP contribution in [-0.4, -0.2) is 12.5 Å². The number of anilines is 1. The number of nitrogens with zero attached hydrogens (tertiary/aromatic N) is 1. The lowest BCUT2D eigenvalue weighted by molar-refractivity contribution is 0.512. The van der Waals surface area contributed by atoms with E-state index < -0.39 is 11.6 Å². The summed E-state index contributed by atoms with van der Waals surface area (Å²) in [4.78, 5) is 3.90.